The van der Waals surface area contributed by atoms with Gasteiger partial charge in [-0.05, 0) is 19.1 Å². The maximum atomic E-state index is 13.0. The molecule has 0 radical (unpaired) electrons. The summed E-state index contributed by atoms with van der Waals surface area (Å²) >= 11 is 1.43. The standard InChI is InChI=1S/C17H23N3O4S/c1-3-8-24-11-4-6-19-13(9-11)16(22)20-7-5-12(15(20)17(19)23)18-14(21)10-25-2/h1,11-13,15H,4-10H2,2H3,(H,18,21). The van der Waals surface area contributed by atoms with Gasteiger partial charge in [0.25, 0.3) is 0 Å². The summed E-state index contributed by atoms with van der Waals surface area (Å²) in [5.74, 6) is 2.59. The van der Waals surface area contributed by atoms with E-state index in [9.17, 15) is 14.4 Å². The number of carbonyl (C=O) groups excluding carboxylic acids is 3. The molecule has 3 fully saturated rings. The minimum atomic E-state index is -0.572. The molecule has 0 aromatic rings. The molecule has 7 nitrogen and oxygen atoms in total. The van der Waals surface area contributed by atoms with Crippen molar-refractivity contribution in [3.05, 3.63) is 0 Å². The molecule has 0 bridgehead atoms. The summed E-state index contributed by atoms with van der Waals surface area (Å²) in [5, 5.41) is 2.91. The summed E-state index contributed by atoms with van der Waals surface area (Å²) in [5.41, 5.74) is 0. The highest BCUT2D eigenvalue weighted by atomic mass is 32.2. The summed E-state index contributed by atoms with van der Waals surface area (Å²) in [6.07, 6.45) is 8.75. The Bertz CT molecular complexity index is 605. The van der Waals surface area contributed by atoms with Gasteiger partial charge in [0, 0.05) is 19.5 Å². The third kappa shape index (κ3) is 3.48. The minimum absolute atomic E-state index is 0.0415. The van der Waals surface area contributed by atoms with Gasteiger partial charge < -0.3 is 19.9 Å². The summed E-state index contributed by atoms with van der Waals surface area (Å²) in [7, 11) is 0. The van der Waals surface area contributed by atoms with E-state index in [0.717, 1.165) is 0 Å². The average molecular weight is 365 g/mol. The summed E-state index contributed by atoms with van der Waals surface area (Å²) in [6, 6.07) is -1.34. The van der Waals surface area contributed by atoms with Crippen LogP contribution in [0, 0.1) is 12.3 Å². The van der Waals surface area contributed by atoms with Gasteiger partial charge in [-0.1, -0.05) is 5.92 Å². The van der Waals surface area contributed by atoms with Crippen molar-refractivity contribution < 1.29 is 19.1 Å². The van der Waals surface area contributed by atoms with Crippen LogP contribution in [0.4, 0.5) is 0 Å². The second-order valence-electron chi connectivity index (χ2n) is 6.58. The second-order valence-corrected chi connectivity index (χ2v) is 7.45. The van der Waals surface area contributed by atoms with E-state index in [1.54, 1.807) is 9.80 Å². The lowest BCUT2D eigenvalue weighted by molar-refractivity contribution is -0.165. The van der Waals surface area contributed by atoms with Gasteiger partial charge in [0.05, 0.1) is 17.9 Å². The molecule has 1 N–H and O–H groups in total. The maximum Gasteiger partial charge on any atom is 0.248 e. The number of fused-ring (bicyclic) bond motifs is 2. The fraction of sp³-hybridized carbons (Fsp3) is 0.706. The lowest BCUT2D eigenvalue weighted by Gasteiger charge is -2.47. The highest BCUT2D eigenvalue weighted by molar-refractivity contribution is 7.99. The monoisotopic (exact) mass is 365 g/mol. The topological polar surface area (TPSA) is 79.0 Å². The van der Waals surface area contributed by atoms with Crippen LogP contribution in [-0.2, 0) is 19.1 Å². The van der Waals surface area contributed by atoms with E-state index in [-0.39, 0.29) is 36.5 Å². The summed E-state index contributed by atoms with van der Waals surface area (Å²) in [6.45, 7) is 1.20. The number of terminal acetylenes is 1. The highest BCUT2D eigenvalue weighted by Gasteiger charge is 2.53. The Balaban J connectivity index is 1.70. The molecule has 3 amide bonds. The first-order chi connectivity index (χ1) is 12.1. The zero-order valence-corrected chi connectivity index (χ0v) is 15.1. The molecular formula is C17H23N3O4S. The van der Waals surface area contributed by atoms with Crippen molar-refractivity contribution in [1.82, 2.24) is 15.1 Å². The van der Waals surface area contributed by atoms with Crippen LogP contribution >= 0.6 is 11.8 Å². The van der Waals surface area contributed by atoms with Crippen LogP contribution in [0.3, 0.4) is 0 Å². The molecule has 3 rings (SSSR count). The van der Waals surface area contributed by atoms with Gasteiger partial charge >= 0.3 is 0 Å². The van der Waals surface area contributed by atoms with Gasteiger partial charge in [0.2, 0.25) is 17.7 Å². The SMILES string of the molecule is C#CCOC1CCN2C(=O)C3C(NC(=O)CSC)CCN3C(=O)C2C1. The van der Waals surface area contributed by atoms with E-state index >= 15 is 0 Å². The van der Waals surface area contributed by atoms with Crippen molar-refractivity contribution in [1.29, 1.82) is 0 Å². The number of piperidine rings is 1. The summed E-state index contributed by atoms with van der Waals surface area (Å²) < 4.78 is 5.57. The Kier molecular flexibility index (Phi) is 5.54. The van der Waals surface area contributed by atoms with Crippen molar-refractivity contribution in [3.63, 3.8) is 0 Å². The van der Waals surface area contributed by atoms with E-state index in [2.05, 4.69) is 11.2 Å². The Morgan fingerprint density at radius 2 is 2.08 bits per heavy atom. The van der Waals surface area contributed by atoms with Gasteiger partial charge in [-0.15, -0.1) is 6.42 Å². The molecule has 25 heavy (non-hydrogen) atoms. The van der Waals surface area contributed by atoms with Crippen molar-refractivity contribution in [2.24, 2.45) is 0 Å². The molecule has 4 unspecified atom stereocenters. The molecule has 3 heterocycles. The Morgan fingerprint density at radius 3 is 2.80 bits per heavy atom. The third-order valence-electron chi connectivity index (χ3n) is 5.08. The third-order valence-corrected chi connectivity index (χ3v) is 5.63. The normalized spacial score (nSPS) is 31.4. The lowest BCUT2D eigenvalue weighted by Crippen LogP contribution is -2.68. The van der Waals surface area contributed by atoms with Gasteiger partial charge in [0.1, 0.15) is 18.7 Å². The van der Waals surface area contributed by atoms with Crippen LogP contribution in [0.5, 0.6) is 0 Å². The molecule has 0 aromatic carbocycles. The van der Waals surface area contributed by atoms with Crippen molar-refractivity contribution in [2.75, 3.05) is 31.7 Å². The first-order valence-corrected chi connectivity index (χ1v) is 9.90. The fourth-order valence-electron chi connectivity index (χ4n) is 3.99. The Morgan fingerprint density at radius 1 is 1.32 bits per heavy atom. The number of amides is 3. The molecule has 0 saturated carbocycles. The van der Waals surface area contributed by atoms with Crippen LogP contribution in [0.15, 0.2) is 0 Å². The number of piperazine rings is 1. The first kappa shape index (κ1) is 18.1. The molecule has 0 aromatic heterocycles. The minimum Gasteiger partial charge on any atom is -0.365 e. The number of hydrogen-bond acceptors (Lipinski definition) is 5. The van der Waals surface area contributed by atoms with Crippen LogP contribution in [0.2, 0.25) is 0 Å². The van der Waals surface area contributed by atoms with E-state index in [1.807, 2.05) is 6.26 Å². The quantitative estimate of drug-likeness (QED) is 0.662. The van der Waals surface area contributed by atoms with E-state index in [4.69, 9.17) is 11.2 Å². The molecule has 3 aliphatic rings. The number of ether oxygens (including phenoxy) is 1. The maximum absolute atomic E-state index is 13.0. The van der Waals surface area contributed by atoms with Crippen LogP contribution < -0.4 is 5.32 Å². The number of carbonyl (C=O) groups is 3. The lowest BCUT2D eigenvalue weighted by atomic mass is 9.93. The number of nitrogens with zero attached hydrogens (tertiary/aromatic N) is 2. The van der Waals surface area contributed by atoms with Crippen LogP contribution in [0.25, 0.3) is 0 Å². The van der Waals surface area contributed by atoms with Gasteiger partial charge in [-0.3, -0.25) is 14.4 Å². The van der Waals surface area contributed by atoms with Crippen molar-refractivity contribution in [3.8, 4) is 12.3 Å². The fourth-order valence-corrected chi connectivity index (χ4v) is 4.33. The first-order valence-electron chi connectivity index (χ1n) is 8.51. The predicted octanol–water partition coefficient (Wildman–Crippen LogP) is -0.542. The number of nitrogens with one attached hydrogen (secondary N) is 1. The van der Waals surface area contributed by atoms with Gasteiger partial charge in [-0.25, -0.2) is 0 Å². The molecular weight excluding hydrogens is 342 g/mol. The molecule has 3 saturated heterocycles. The molecule has 0 aliphatic carbocycles. The number of hydrogen-bond donors (Lipinski definition) is 1. The summed E-state index contributed by atoms with van der Waals surface area (Å²) in [4.78, 5) is 41.0. The number of rotatable bonds is 5. The average Bonchev–Trinajstić information content (AvgIpc) is 3.02. The molecule has 136 valence electrons. The smallest absolute Gasteiger partial charge is 0.248 e. The van der Waals surface area contributed by atoms with Gasteiger partial charge in [-0.2, -0.15) is 11.8 Å². The Labute approximate surface area is 151 Å². The molecule has 4 atom stereocenters. The molecule has 8 heteroatoms. The highest BCUT2D eigenvalue weighted by Crippen LogP contribution is 2.32. The van der Waals surface area contributed by atoms with Crippen molar-refractivity contribution in [2.45, 2.75) is 43.5 Å². The molecule has 0 spiro atoms. The van der Waals surface area contributed by atoms with Crippen LogP contribution in [-0.4, -0.2) is 83.5 Å². The van der Waals surface area contributed by atoms with E-state index in [0.29, 0.717) is 38.1 Å². The van der Waals surface area contributed by atoms with Crippen LogP contribution in [0.1, 0.15) is 19.3 Å². The zero-order valence-electron chi connectivity index (χ0n) is 14.3. The second kappa shape index (κ2) is 7.67. The molecule has 3 aliphatic heterocycles. The largest absolute Gasteiger partial charge is 0.365 e. The number of thioether (sulfide) groups is 1. The van der Waals surface area contributed by atoms with E-state index < -0.39 is 12.1 Å². The van der Waals surface area contributed by atoms with Crippen molar-refractivity contribution >= 4 is 29.5 Å². The Hall–Kier alpha value is -1.72. The van der Waals surface area contributed by atoms with E-state index in [1.165, 1.54) is 11.8 Å². The predicted molar refractivity (Wildman–Crippen MR) is 93.7 cm³/mol. The zero-order chi connectivity index (χ0) is 18.0. The van der Waals surface area contributed by atoms with Gasteiger partial charge in [0.15, 0.2) is 0 Å².